The summed E-state index contributed by atoms with van der Waals surface area (Å²) in [7, 11) is 0. The van der Waals surface area contributed by atoms with Crippen LogP contribution < -0.4 is 11.1 Å². The molecule has 122 valence electrons. The molecule has 0 spiro atoms. The van der Waals surface area contributed by atoms with Crippen LogP contribution in [-0.2, 0) is 0 Å². The molecule has 0 unspecified atom stereocenters. The lowest BCUT2D eigenvalue weighted by molar-refractivity contribution is 0.968. The first-order chi connectivity index (χ1) is 12.1. The summed E-state index contributed by atoms with van der Waals surface area (Å²) in [5.41, 5.74) is 0.959. The normalized spacial score (nSPS) is 11.1. The van der Waals surface area contributed by atoms with Crippen LogP contribution in [0.5, 0.6) is 0 Å². The average Bonchev–Trinajstić information content (AvgIpc) is 2.71. The average molecular weight is 392 g/mol. The van der Waals surface area contributed by atoms with E-state index in [-0.39, 0.29) is 11.1 Å². The van der Waals surface area contributed by atoms with Crippen molar-refractivity contribution in [1.82, 2.24) is 4.57 Å². The number of benzene rings is 3. The highest BCUT2D eigenvalue weighted by Crippen LogP contribution is 2.23. The lowest BCUT2D eigenvalue weighted by atomic mass is 10.1. The van der Waals surface area contributed by atoms with E-state index in [0.29, 0.717) is 20.9 Å². The van der Waals surface area contributed by atoms with Crippen molar-refractivity contribution in [2.24, 2.45) is 0 Å². The quantitative estimate of drug-likeness (QED) is 0.476. The van der Waals surface area contributed by atoms with Crippen molar-refractivity contribution >= 4 is 37.5 Å². The van der Waals surface area contributed by atoms with Crippen molar-refractivity contribution in [2.75, 3.05) is 0 Å². The second-order valence-corrected chi connectivity index (χ2v) is 6.85. The van der Waals surface area contributed by atoms with Gasteiger partial charge in [0.25, 0.3) is 11.1 Å². The van der Waals surface area contributed by atoms with E-state index in [1.54, 1.807) is 18.2 Å². The van der Waals surface area contributed by atoms with Gasteiger partial charge in [-0.05, 0) is 63.5 Å². The van der Waals surface area contributed by atoms with Crippen LogP contribution in [0.1, 0.15) is 5.56 Å². The second kappa shape index (κ2) is 5.97. The van der Waals surface area contributed by atoms with Crippen molar-refractivity contribution in [3.8, 4) is 5.69 Å². The van der Waals surface area contributed by atoms with E-state index >= 15 is 0 Å². The van der Waals surface area contributed by atoms with E-state index in [4.69, 9.17) is 0 Å². The zero-order valence-electron chi connectivity index (χ0n) is 13.5. The number of halogens is 1. The van der Waals surface area contributed by atoms with E-state index in [2.05, 4.69) is 15.9 Å². The molecule has 0 saturated heterocycles. The van der Waals surface area contributed by atoms with Crippen LogP contribution in [0.2, 0.25) is 0 Å². The molecule has 0 amide bonds. The fourth-order valence-corrected chi connectivity index (χ4v) is 3.82. The summed E-state index contributed by atoms with van der Waals surface area (Å²) in [4.78, 5) is 26.5. The Morgan fingerprint density at radius 3 is 1.68 bits per heavy atom. The second-order valence-electron chi connectivity index (χ2n) is 5.99. The molecule has 1 heterocycles. The summed E-state index contributed by atoms with van der Waals surface area (Å²) in [5.74, 6) is 0. The molecule has 1 aromatic heterocycles. The van der Waals surface area contributed by atoms with Gasteiger partial charge in [0, 0.05) is 15.2 Å². The van der Waals surface area contributed by atoms with Crippen LogP contribution in [0.15, 0.2) is 80.8 Å². The largest absolute Gasteiger partial charge is 0.268 e. The number of rotatable bonds is 1. The molecule has 0 fully saturated rings. The molecule has 4 heteroatoms. The maximum absolute atomic E-state index is 13.2. The van der Waals surface area contributed by atoms with Gasteiger partial charge in [0.1, 0.15) is 0 Å². The fourth-order valence-electron chi connectivity index (χ4n) is 3.15. The molecule has 4 rings (SSSR count). The predicted octanol–water partition coefficient (Wildman–Crippen LogP) is 4.58. The molecule has 0 bridgehead atoms. The Labute approximate surface area is 152 Å². The van der Waals surface area contributed by atoms with Crippen molar-refractivity contribution in [1.29, 1.82) is 0 Å². The minimum absolute atomic E-state index is 0.318. The molecular weight excluding hydrogens is 378 g/mol. The SMILES string of the molecule is Cc1ccc(-n2c(=O)c3ccccc3c3ccccc3c2=O)c(Br)c1. The molecule has 0 radical (unpaired) electrons. The topological polar surface area (TPSA) is 39.1 Å². The first kappa shape index (κ1) is 15.8. The van der Waals surface area contributed by atoms with Gasteiger partial charge in [-0.25, -0.2) is 4.57 Å². The van der Waals surface area contributed by atoms with Gasteiger partial charge in [-0.1, -0.05) is 42.5 Å². The Balaban J connectivity index is 2.33. The van der Waals surface area contributed by atoms with Crippen LogP contribution in [0.3, 0.4) is 0 Å². The first-order valence-corrected chi connectivity index (χ1v) is 8.70. The molecule has 0 atom stereocenters. The summed E-state index contributed by atoms with van der Waals surface area (Å²) in [6.07, 6.45) is 0. The molecule has 0 aliphatic rings. The molecule has 0 aliphatic carbocycles. The van der Waals surface area contributed by atoms with Gasteiger partial charge in [-0.3, -0.25) is 9.59 Å². The highest BCUT2D eigenvalue weighted by Gasteiger charge is 2.13. The van der Waals surface area contributed by atoms with Gasteiger partial charge in [0.05, 0.1) is 5.69 Å². The van der Waals surface area contributed by atoms with Crippen LogP contribution in [0.25, 0.3) is 27.2 Å². The maximum Gasteiger partial charge on any atom is 0.265 e. The van der Waals surface area contributed by atoms with Crippen LogP contribution in [-0.4, -0.2) is 4.57 Å². The van der Waals surface area contributed by atoms with E-state index in [1.165, 1.54) is 4.57 Å². The lowest BCUT2D eigenvalue weighted by Gasteiger charge is -2.06. The van der Waals surface area contributed by atoms with Gasteiger partial charge in [0.2, 0.25) is 0 Å². The van der Waals surface area contributed by atoms with E-state index in [9.17, 15) is 9.59 Å². The van der Waals surface area contributed by atoms with Crippen LogP contribution in [0.4, 0.5) is 0 Å². The Hall–Kier alpha value is -2.72. The van der Waals surface area contributed by atoms with Crippen molar-refractivity contribution in [2.45, 2.75) is 6.92 Å². The lowest BCUT2D eigenvalue weighted by Crippen LogP contribution is -2.28. The smallest absolute Gasteiger partial charge is 0.265 e. The number of hydrogen-bond donors (Lipinski definition) is 0. The third kappa shape index (κ3) is 2.50. The number of hydrogen-bond acceptors (Lipinski definition) is 2. The molecule has 0 aliphatic heterocycles. The Bertz CT molecular complexity index is 1190. The zero-order valence-corrected chi connectivity index (χ0v) is 15.1. The number of nitrogens with zero attached hydrogens (tertiary/aromatic N) is 1. The summed E-state index contributed by atoms with van der Waals surface area (Å²) in [6, 6.07) is 20.3. The van der Waals surface area contributed by atoms with E-state index in [0.717, 1.165) is 16.3 Å². The highest BCUT2D eigenvalue weighted by atomic mass is 79.9. The highest BCUT2D eigenvalue weighted by molar-refractivity contribution is 9.10. The van der Waals surface area contributed by atoms with Gasteiger partial charge in [-0.15, -0.1) is 0 Å². The summed E-state index contributed by atoms with van der Waals surface area (Å²) < 4.78 is 1.97. The Kier molecular flexibility index (Phi) is 3.77. The molecular formula is C21H14BrNO2. The third-order valence-electron chi connectivity index (χ3n) is 4.36. The molecule has 3 aromatic carbocycles. The number of aromatic nitrogens is 1. The van der Waals surface area contributed by atoms with Crippen molar-refractivity contribution in [3.63, 3.8) is 0 Å². The van der Waals surface area contributed by atoms with Crippen molar-refractivity contribution in [3.05, 3.63) is 97.5 Å². The predicted molar refractivity (Wildman–Crippen MR) is 106 cm³/mol. The standard InChI is InChI=1S/C21H14BrNO2/c1-13-10-11-19(18(22)12-13)23-20(24)16-8-4-2-6-14(16)15-7-3-5-9-17(15)21(23)25/h2-12H,1H3. The number of aryl methyl sites for hydroxylation is 1. The molecule has 0 N–H and O–H groups in total. The van der Waals surface area contributed by atoms with Gasteiger partial charge in [-0.2, -0.15) is 0 Å². The Morgan fingerprint density at radius 2 is 1.20 bits per heavy atom. The van der Waals surface area contributed by atoms with Gasteiger partial charge >= 0.3 is 0 Å². The minimum Gasteiger partial charge on any atom is -0.268 e. The summed E-state index contributed by atoms with van der Waals surface area (Å²) in [5, 5.41) is 2.60. The summed E-state index contributed by atoms with van der Waals surface area (Å²) >= 11 is 3.50. The van der Waals surface area contributed by atoms with Gasteiger partial charge < -0.3 is 0 Å². The maximum atomic E-state index is 13.2. The third-order valence-corrected chi connectivity index (χ3v) is 4.99. The van der Waals surface area contributed by atoms with Gasteiger partial charge in [0.15, 0.2) is 0 Å². The monoisotopic (exact) mass is 391 g/mol. The fraction of sp³-hybridized carbons (Fsp3) is 0.0476. The van der Waals surface area contributed by atoms with Crippen LogP contribution >= 0.6 is 15.9 Å². The minimum atomic E-state index is -0.318. The zero-order chi connectivity index (χ0) is 17.6. The van der Waals surface area contributed by atoms with E-state index < -0.39 is 0 Å². The molecule has 4 aromatic rings. The van der Waals surface area contributed by atoms with Crippen LogP contribution in [0, 0.1) is 6.92 Å². The molecule has 25 heavy (non-hydrogen) atoms. The first-order valence-electron chi connectivity index (χ1n) is 7.91. The Morgan fingerprint density at radius 1 is 0.720 bits per heavy atom. The molecule has 3 nitrogen and oxygen atoms in total. The van der Waals surface area contributed by atoms with Crippen molar-refractivity contribution < 1.29 is 0 Å². The number of fused-ring (bicyclic) bond motifs is 3. The summed E-state index contributed by atoms with van der Waals surface area (Å²) in [6.45, 7) is 1.96. The van der Waals surface area contributed by atoms with E-state index in [1.807, 2.05) is 55.5 Å². The molecule has 0 saturated carbocycles.